The van der Waals surface area contributed by atoms with Crippen molar-refractivity contribution in [2.75, 3.05) is 0 Å². The van der Waals surface area contributed by atoms with E-state index >= 15 is 0 Å². The molecule has 0 saturated carbocycles. The van der Waals surface area contributed by atoms with Crippen molar-refractivity contribution in [2.24, 2.45) is 0 Å². The molecule has 1 rings (SSSR count). The fourth-order valence-electron chi connectivity index (χ4n) is 2.36. The molecule has 0 aliphatic rings. The minimum Gasteiger partial charge on any atom is -0.220 e. The van der Waals surface area contributed by atoms with Crippen LogP contribution in [0, 0.1) is 0 Å². The standard InChI is InChI=1S/C17H29O/c1-15(2,3)12-10-11-18-14(17(7,8)9)13(12)16(4,5)6/h10-11H,1-9H3/q+1. The van der Waals surface area contributed by atoms with Gasteiger partial charge in [0.25, 0.3) is 0 Å². The van der Waals surface area contributed by atoms with Crippen LogP contribution in [0.25, 0.3) is 0 Å². The summed E-state index contributed by atoms with van der Waals surface area (Å²) in [6.45, 7) is 20.2. The van der Waals surface area contributed by atoms with Crippen LogP contribution in [0.2, 0.25) is 0 Å². The highest BCUT2D eigenvalue weighted by molar-refractivity contribution is 5.41. The molecule has 1 aromatic heterocycles. The molecule has 0 amide bonds. The van der Waals surface area contributed by atoms with Gasteiger partial charge in [-0.2, -0.15) is 0 Å². The van der Waals surface area contributed by atoms with Gasteiger partial charge >= 0.3 is 12.0 Å². The Morgan fingerprint density at radius 2 is 1.22 bits per heavy atom. The molecule has 0 radical (unpaired) electrons. The average Bonchev–Trinajstić information content (AvgIpc) is 2.12. The zero-order chi connectivity index (χ0) is 14.4. The van der Waals surface area contributed by atoms with Gasteiger partial charge in [0.05, 0.1) is 11.0 Å². The summed E-state index contributed by atoms with van der Waals surface area (Å²) in [6.07, 6.45) is 1.84. The van der Waals surface area contributed by atoms with Gasteiger partial charge in [0, 0.05) is 6.07 Å². The predicted octanol–water partition coefficient (Wildman–Crippen LogP) is 5.45. The Morgan fingerprint density at radius 3 is 1.56 bits per heavy atom. The first-order chi connectivity index (χ1) is 7.85. The number of hydrogen-bond acceptors (Lipinski definition) is 0. The summed E-state index contributed by atoms with van der Waals surface area (Å²) in [4.78, 5) is 0. The molecule has 0 aliphatic carbocycles. The molecule has 0 aliphatic heterocycles. The highest BCUT2D eigenvalue weighted by Crippen LogP contribution is 2.40. The average molecular weight is 249 g/mol. The van der Waals surface area contributed by atoms with Crippen LogP contribution in [0.1, 0.15) is 79.2 Å². The molecular weight excluding hydrogens is 220 g/mol. The van der Waals surface area contributed by atoms with Gasteiger partial charge in [-0.3, -0.25) is 0 Å². The zero-order valence-electron chi connectivity index (χ0n) is 13.6. The van der Waals surface area contributed by atoms with Gasteiger partial charge in [0.1, 0.15) is 0 Å². The van der Waals surface area contributed by atoms with Crippen molar-refractivity contribution in [3.05, 3.63) is 29.2 Å². The lowest BCUT2D eigenvalue weighted by Gasteiger charge is -2.30. The van der Waals surface area contributed by atoms with Crippen molar-refractivity contribution in [1.29, 1.82) is 0 Å². The summed E-state index contributed by atoms with van der Waals surface area (Å²) >= 11 is 0. The Bertz CT molecular complexity index is 390. The van der Waals surface area contributed by atoms with Crippen LogP contribution in [-0.2, 0) is 16.2 Å². The largest absolute Gasteiger partial charge is 0.338 e. The van der Waals surface area contributed by atoms with Crippen LogP contribution < -0.4 is 0 Å². The van der Waals surface area contributed by atoms with E-state index in [0.29, 0.717) is 0 Å². The van der Waals surface area contributed by atoms with Crippen LogP contribution >= 0.6 is 0 Å². The van der Waals surface area contributed by atoms with Gasteiger partial charge in [-0.15, -0.1) is 0 Å². The van der Waals surface area contributed by atoms with Crippen LogP contribution in [0.3, 0.4) is 0 Å². The quantitative estimate of drug-likeness (QED) is 0.556. The van der Waals surface area contributed by atoms with E-state index in [2.05, 4.69) is 68.4 Å². The van der Waals surface area contributed by atoms with Crippen LogP contribution in [0.4, 0.5) is 0 Å². The smallest absolute Gasteiger partial charge is 0.220 e. The molecule has 0 unspecified atom stereocenters. The Kier molecular flexibility index (Phi) is 3.69. The van der Waals surface area contributed by atoms with Gasteiger partial charge in [0.2, 0.25) is 0 Å². The Balaban J connectivity index is 3.68. The van der Waals surface area contributed by atoms with Gasteiger partial charge in [-0.1, -0.05) is 41.5 Å². The summed E-state index contributed by atoms with van der Waals surface area (Å²) in [5, 5.41) is 0. The second-order valence-electron chi connectivity index (χ2n) is 8.29. The fraction of sp³-hybridized carbons (Fsp3) is 0.706. The van der Waals surface area contributed by atoms with Crippen molar-refractivity contribution in [3.8, 4) is 0 Å². The maximum atomic E-state index is 5.89. The maximum Gasteiger partial charge on any atom is 0.338 e. The van der Waals surface area contributed by atoms with E-state index in [-0.39, 0.29) is 16.2 Å². The second-order valence-corrected chi connectivity index (χ2v) is 8.29. The first kappa shape index (κ1) is 15.2. The Hall–Kier alpha value is -0.850. The van der Waals surface area contributed by atoms with E-state index in [1.807, 2.05) is 6.26 Å². The highest BCUT2D eigenvalue weighted by Gasteiger charge is 2.39. The lowest BCUT2D eigenvalue weighted by Crippen LogP contribution is -2.27. The second kappa shape index (κ2) is 4.36. The summed E-state index contributed by atoms with van der Waals surface area (Å²) in [6, 6.07) is 2.13. The van der Waals surface area contributed by atoms with E-state index in [4.69, 9.17) is 4.42 Å². The number of hydrogen-bond donors (Lipinski definition) is 0. The van der Waals surface area contributed by atoms with Gasteiger partial charge in [-0.25, -0.2) is 4.42 Å². The summed E-state index contributed by atoms with van der Waals surface area (Å²) < 4.78 is 5.89. The lowest BCUT2D eigenvalue weighted by molar-refractivity contribution is 0.364. The van der Waals surface area contributed by atoms with E-state index < -0.39 is 0 Å². The van der Waals surface area contributed by atoms with E-state index in [1.54, 1.807) is 0 Å². The molecular formula is C17H29O+. The van der Waals surface area contributed by atoms with Crippen LogP contribution in [0.15, 0.2) is 16.7 Å². The van der Waals surface area contributed by atoms with E-state index in [0.717, 1.165) is 5.76 Å². The predicted molar refractivity (Wildman–Crippen MR) is 79.2 cm³/mol. The molecule has 1 aromatic rings. The third-order valence-electron chi connectivity index (χ3n) is 3.16. The molecule has 1 nitrogen and oxygen atoms in total. The van der Waals surface area contributed by atoms with Crippen LogP contribution in [0.5, 0.6) is 0 Å². The molecule has 1 heteroatoms. The molecule has 102 valence electrons. The van der Waals surface area contributed by atoms with Crippen LogP contribution in [-0.4, -0.2) is 0 Å². The molecule has 1 heterocycles. The minimum absolute atomic E-state index is 0.0316. The number of rotatable bonds is 0. The van der Waals surface area contributed by atoms with Crippen molar-refractivity contribution < 1.29 is 4.42 Å². The van der Waals surface area contributed by atoms with Crippen molar-refractivity contribution in [3.63, 3.8) is 0 Å². The molecule has 0 bridgehead atoms. The fourth-order valence-corrected chi connectivity index (χ4v) is 2.36. The van der Waals surface area contributed by atoms with Gasteiger partial charge < -0.3 is 0 Å². The monoisotopic (exact) mass is 249 g/mol. The van der Waals surface area contributed by atoms with Crippen molar-refractivity contribution in [2.45, 2.75) is 78.6 Å². The zero-order valence-corrected chi connectivity index (χ0v) is 13.6. The summed E-state index contributed by atoms with van der Waals surface area (Å²) in [5.41, 5.74) is 3.02. The topological polar surface area (TPSA) is 11.3 Å². The molecule has 0 aromatic carbocycles. The summed E-state index contributed by atoms with van der Waals surface area (Å²) in [7, 11) is 0. The Morgan fingerprint density at radius 1 is 0.722 bits per heavy atom. The molecule has 18 heavy (non-hydrogen) atoms. The van der Waals surface area contributed by atoms with E-state index in [9.17, 15) is 0 Å². The van der Waals surface area contributed by atoms with E-state index in [1.165, 1.54) is 11.1 Å². The SMILES string of the molecule is CC(C)(C)c1cc[o+]c(C(C)(C)C)c1C(C)(C)C. The third kappa shape index (κ3) is 3.13. The first-order valence-corrected chi connectivity index (χ1v) is 6.81. The maximum absolute atomic E-state index is 5.89. The van der Waals surface area contributed by atoms with Crippen molar-refractivity contribution >= 4 is 0 Å². The molecule has 0 spiro atoms. The third-order valence-corrected chi connectivity index (χ3v) is 3.16. The Labute approximate surface area is 113 Å². The summed E-state index contributed by atoms with van der Waals surface area (Å²) in [5.74, 6) is 1.11. The minimum atomic E-state index is 0.0316. The normalized spacial score (nSPS) is 13.8. The van der Waals surface area contributed by atoms with Gasteiger partial charge in [-0.05, 0) is 37.2 Å². The lowest BCUT2D eigenvalue weighted by atomic mass is 9.72. The van der Waals surface area contributed by atoms with Gasteiger partial charge in [0.15, 0.2) is 0 Å². The highest BCUT2D eigenvalue weighted by atomic mass is 16.3. The molecule has 0 saturated heterocycles. The molecule has 0 atom stereocenters. The van der Waals surface area contributed by atoms with Crippen molar-refractivity contribution in [1.82, 2.24) is 0 Å². The molecule has 0 N–H and O–H groups in total. The first-order valence-electron chi connectivity index (χ1n) is 6.81. The molecule has 0 fully saturated rings.